The first-order chi connectivity index (χ1) is 5.49. The van der Waals surface area contributed by atoms with Crippen LogP contribution in [-0.4, -0.2) is 33.2 Å². The van der Waals surface area contributed by atoms with Gasteiger partial charge in [-0.05, 0) is 12.8 Å². The maximum Gasteiger partial charge on any atom is 0.265 e. The maximum absolute atomic E-state index is 11.0. The van der Waals surface area contributed by atoms with Gasteiger partial charge in [0.2, 0.25) is 0 Å². The Balaban J connectivity index is 2.56. The fraction of sp³-hybridized carbons (Fsp3) is 0.833. The van der Waals surface area contributed by atoms with Crippen LogP contribution in [-0.2, 0) is 19.1 Å². The van der Waals surface area contributed by atoms with Crippen LogP contribution in [0.25, 0.3) is 0 Å². The highest BCUT2D eigenvalue weighted by Crippen LogP contribution is 2.09. The Labute approximate surface area is 71.2 Å². The van der Waals surface area contributed by atoms with Gasteiger partial charge < -0.3 is 5.32 Å². The normalized spacial score (nSPS) is 25.1. The van der Waals surface area contributed by atoms with Crippen molar-refractivity contribution in [3.63, 3.8) is 0 Å². The van der Waals surface area contributed by atoms with Crippen molar-refractivity contribution in [3.05, 3.63) is 0 Å². The SMILES string of the molecule is CS(=O)(=O)O[C@@H]1CCCNC1=O. The second-order valence-corrected chi connectivity index (χ2v) is 4.32. The number of carbonyl (C=O) groups is 1. The summed E-state index contributed by atoms with van der Waals surface area (Å²) < 4.78 is 25.8. The van der Waals surface area contributed by atoms with Crippen molar-refractivity contribution in [1.82, 2.24) is 5.32 Å². The van der Waals surface area contributed by atoms with Crippen LogP contribution < -0.4 is 5.32 Å². The molecule has 70 valence electrons. The van der Waals surface area contributed by atoms with Crippen molar-refractivity contribution >= 4 is 16.0 Å². The zero-order valence-electron chi connectivity index (χ0n) is 6.74. The Bertz CT molecular complexity index is 271. The topological polar surface area (TPSA) is 72.5 Å². The number of carbonyl (C=O) groups excluding carboxylic acids is 1. The molecule has 1 aliphatic heterocycles. The van der Waals surface area contributed by atoms with Gasteiger partial charge in [-0.25, -0.2) is 0 Å². The van der Waals surface area contributed by atoms with E-state index in [0.717, 1.165) is 12.7 Å². The summed E-state index contributed by atoms with van der Waals surface area (Å²) in [5.74, 6) is -0.341. The molecule has 1 amide bonds. The predicted molar refractivity (Wildman–Crippen MR) is 42.0 cm³/mol. The zero-order chi connectivity index (χ0) is 9.19. The third-order valence-electron chi connectivity index (χ3n) is 1.53. The molecule has 1 atom stereocenters. The highest BCUT2D eigenvalue weighted by Gasteiger charge is 2.25. The Hall–Kier alpha value is -0.620. The van der Waals surface area contributed by atoms with Gasteiger partial charge in [-0.15, -0.1) is 0 Å². The molecule has 0 aliphatic carbocycles. The van der Waals surface area contributed by atoms with Gasteiger partial charge in [0.1, 0.15) is 0 Å². The van der Waals surface area contributed by atoms with Crippen molar-refractivity contribution in [2.24, 2.45) is 0 Å². The van der Waals surface area contributed by atoms with Crippen LogP contribution in [0.15, 0.2) is 0 Å². The first-order valence-corrected chi connectivity index (χ1v) is 5.47. The molecule has 0 radical (unpaired) electrons. The van der Waals surface area contributed by atoms with Gasteiger partial charge >= 0.3 is 0 Å². The standard InChI is InChI=1S/C6H11NO4S/c1-12(9,10)11-5-3-2-4-7-6(5)8/h5H,2-4H2,1H3,(H,7,8)/t5-/m1/s1. The summed E-state index contributed by atoms with van der Waals surface area (Å²) >= 11 is 0. The molecule has 5 nitrogen and oxygen atoms in total. The van der Waals surface area contributed by atoms with E-state index >= 15 is 0 Å². The van der Waals surface area contributed by atoms with Gasteiger partial charge in [0, 0.05) is 6.54 Å². The minimum Gasteiger partial charge on any atom is -0.354 e. The molecule has 0 saturated carbocycles. The van der Waals surface area contributed by atoms with E-state index in [1.165, 1.54) is 0 Å². The lowest BCUT2D eigenvalue weighted by Crippen LogP contribution is -2.42. The second-order valence-electron chi connectivity index (χ2n) is 2.72. The molecule has 1 aliphatic rings. The summed E-state index contributed by atoms with van der Waals surface area (Å²) in [6, 6.07) is 0. The first-order valence-electron chi connectivity index (χ1n) is 3.65. The van der Waals surface area contributed by atoms with Crippen LogP contribution in [0, 0.1) is 0 Å². The van der Waals surface area contributed by atoms with Gasteiger partial charge in [-0.3, -0.25) is 8.98 Å². The van der Waals surface area contributed by atoms with Crippen molar-refractivity contribution in [2.45, 2.75) is 18.9 Å². The van der Waals surface area contributed by atoms with Crippen LogP contribution in [0.1, 0.15) is 12.8 Å². The molecule has 1 N–H and O–H groups in total. The number of hydrogen-bond acceptors (Lipinski definition) is 4. The van der Waals surface area contributed by atoms with Gasteiger partial charge in [0.25, 0.3) is 16.0 Å². The fourth-order valence-corrected chi connectivity index (χ4v) is 1.65. The van der Waals surface area contributed by atoms with Crippen molar-refractivity contribution in [3.8, 4) is 0 Å². The smallest absolute Gasteiger partial charge is 0.265 e. The monoisotopic (exact) mass is 193 g/mol. The molecule has 1 saturated heterocycles. The molecule has 1 fully saturated rings. The lowest BCUT2D eigenvalue weighted by molar-refractivity contribution is -0.129. The van der Waals surface area contributed by atoms with E-state index < -0.39 is 16.2 Å². The number of rotatable bonds is 2. The molecular weight excluding hydrogens is 182 g/mol. The predicted octanol–water partition coefficient (Wildman–Crippen LogP) is -0.759. The van der Waals surface area contributed by atoms with Gasteiger partial charge in [-0.1, -0.05) is 0 Å². The Morgan fingerprint density at radius 3 is 2.75 bits per heavy atom. The molecule has 12 heavy (non-hydrogen) atoms. The van der Waals surface area contributed by atoms with Crippen LogP contribution in [0.4, 0.5) is 0 Å². The molecule has 0 aromatic heterocycles. The summed E-state index contributed by atoms with van der Waals surface area (Å²) in [5, 5.41) is 2.53. The van der Waals surface area contributed by atoms with E-state index in [1.807, 2.05) is 0 Å². The summed E-state index contributed by atoms with van der Waals surface area (Å²) in [7, 11) is -3.52. The fourth-order valence-electron chi connectivity index (χ4n) is 1.05. The molecule has 6 heteroatoms. The van der Waals surface area contributed by atoms with Crippen molar-refractivity contribution in [2.75, 3.05) is 12.8 Å². The van der Waals surface area contributed by atoms with Crippen LogP contribution in [0.2, 0.25) is 0 Å². The number of hydrogen-bond donors (Lipinski definition) is 1. The lowest BCUT2D eigenvalue weighted by Gasteiger charge is -2.20. The van der Waals surface area contributed by atoms with E-state index in [-0.39, 0.29) is 5.91 Å². The highest BCUT2D eigenvalue weighted by molar-refractivity contribution is 7.86. The molecular formula is C6H11NO4S. The Morgan fingerprint density at radius 2 is 2.25 bits per heavy atom. The molecule has 1 heterocycles. The average molecular weight is 193 g/mol. The summed E-state index contributed by atoms with van der Waals surface area (Å²) in [6.07, 6.45) is 1.34. The minimum absolute atomic E-state index is 0.341. The van der Waals surface area contributed by atoms with E-state index in [1.54, 1.807) is 0 Å². The van der Waals surface area contributed by atoms with Gasteiger partial charge in [0.15, 0.2) is 6.10 Å². The van der Waals surface area contributed by atoms with Gasteiger partial charge in [-0.2, -0.15) is 8.42 Å². The van der Waals surface area contributed by atoms with Crippen LogP contribution >= 0.6 is 0 Å². The summed E-state index contributed by atoms with van der Waals surface area (Å²) in [4.78, 5) is 11.0. The molecule has 0 aromatic rings. The molecule has 1 rings (SSSR count). The Kier molecular flexibility index (Phi) is 2.69. The van der Waals surface area contributed by atoms with Crippen LogP contribution in [0.5, 0.6) is 0 Å². The van der Waals surface area contributed by atoms with Gasteiger partial charge in [0.05, 0.1) is 6.26 Å². The largest absolute Gasteiger partial charge is 0.354 e. The zero-order valence-corrected chi connectivity index (χ0v) is 7.56. The Morgan fingerprint density at radius 1 is 1.58 bits per heavy atom. The van der Waals surface area contributed by atoms with E-state index in [2.05, 4.69) is 9.50 Å². The minimum atomic E-state index is -3.52. The van der Waals surface area contributed by atoms with Crippen LogP contribution in [0.3, 0.4) is 0 Å². The molecule has 0 bridgehead atoms. The summed E-state index contributed by atoms with van der Waals surface area (Å²) in [5.41, 5.74) is 0. The molecule has 0 aromatic carbocycles. The molecule has 0 unspecified atom stereocenters. The first kappa shape index (κ1) is 9.47. The van der Waals surface area contributed by atoms with E-state index in [0.29, 0.717) is 13.0 Å². The number of amides is 1. The maximum atomic E-state index is 11.0. The average Bonchev–Trinajstić information content (AvgIpc) is 1.91. The second kappa shape index (κ2) is 3.40. The van der Waals surface area contributed by atoms with E-state index in [4.69, 9.17) is 0 Å². The number of piperidine rings is 1. The lowest BCUT2D eigenvalue weighted by atomic mass is 10.1. The van der Waals surface area contributed by atoms with E-state index in [9.17, 15) is 13.2 Å². The highest BCUT2D eigenvalue weighted by atomic mass is 32.2. The van der Waals surface area contributed by atoms with Crippen molar-refractivity contribution in [1.29, 1.82) is 0 Å². The number of nitrogens with one attached hydrogen (secondary N) is 1. The third kappa shape index (κ3) is 2.78. The quantitative estimate of drug-likeness (QED) is 0.585. The van der Waals surface area contributed by atoms with Crippen molar-refractivity contribution < 1.29 is 17.4 Å². The summed E-state index contributed by atoms with van der Waals surface area (Å²) in [6.45, 7) is 0.600. The molecule has 0 spiro atoms. The third-order valence-corrected chi connectivity index (χ3v) is 2.11.